The van der Waals surface area contributed by atoms with Crippen LogP contribution >= 0.6 is 35.0 Å². The van der Waals surface area contributed by atoms with E-state index in [0.717, 1.165) is 6.54 Å². The molecule has 1 nitrogen and oxygen atoms in total. The van der Waals surface area contributed by atoms with Crippen LogP contribution in [-0.4, -0.2) is 6.54 Å². The number of hydrogen-bond donors (Lipinski definition) is 1. The lowest BCUT2D eigenvalue weighted by Gasteiger charge is -2.18. The van der Waals surface area contributed by atoms with Gasteiger partial charge in [0, 0.05) is 21.2 Å². The molecular weight excluding hydrogens is 296 g/mol. The average molecular weight is 310 g/mol. The van der Waals surface area contributed by atoms with E-state index in [1.54, 1.807) is 0 Å². The quantitative estimate of drug-likeness (QED) is 0.724. The molecule has 0 fully saturated rings. The van der Waals surface area contributed by atoms with Gasteiger partial charge in [-0.05, 0) is 40.3 Å². The molecular formula is C10H13ClIN. The number of benzene rings is 1. The smallest absolute Gasteiger partial charge is 0.0389 e. The molecule has 1 N–H and O–H groups in total. The highest BCUT2D eigenvalue weighted by Gasteiger charge is 2.31. The van der Waals surface area contributed by atoms with Gasteiger partial charge in [-0.3, -0.25) is 0 Å². The third kappa shape index (κ3) is 1.79. The van der Waals surface area contributed by atoms with E-state index >= 15 is 0 Å². The fraction of sp³-hybridized carbons (Fsp3) is 0.400. The standard InChI is InChI=1S/C10H12IN.ClH/c1-10(2)6-12-8-5-3-4-7(11)9(8)10;/h3-5,12H,6H2,1-2H3;1H. The Balaban J connectivity index is 0.000000845. The van der Waals surface area contributed by atoms with Crippen molar-refractivity contribution in [2.75, 3.05) is 11.9 Å². The Labute approximate surface area is 98.9 Å². The Hall–Kier alpha value is 0.0400. The van der Waals surface area contributed by atoms with Crippen LogP contribution in [0.1, 0.15) is 19.4 Å². The van der Waals surface area contributed by atoms with Gasteiger partial charge < -0.3 is 5.32 Å². The summed E-state index contributed by atoms with van der Waals surface area (Å²) in [6.07, 6.45) is 0. The minimum Gasteiger partial charge on any atom is -0.384 e. The van der Waals surface area contributed by atoms with Crippen LogP contribution in [0.15, 0.2) is 18.2 Å². The van der Waals surface area contributed by atoms with Crippen LogP contribution in [0.4, 0.5) is 5.69 Å². The largest absolute Gasteiger partial charge is 0.384 e. The van der Waals surface area contributed by atoms with Crippen LogP contribution in [0, 0.1) is 3.57 Å². The number of hydrogen-bond acceptors (Lipinski definition) is 1. The fourth-order valence-corrected chi connectivity index (χ4v) is 2.99. The van der Waals surface area contributed by atoms with Gasteiger partial charge in [0.25, 0.3) is 0 Å². The molecule has 0 aromatic heterocycles. The molecule has 13 heavy (non-hydrogen) atoms. The SMILES string of the molecule is CC1(C)CNc2cccc(I)c21.Cl. The minimum absolute atomic E-state index is 0. The van der Waals surface area contributed by atoms with Gasteiger partial charge in [0.05, 0.1) is 0 Å². The Bertz CT molecular complexity index is 323. The monoisotopic (exact) mass is 309 g/mol. The molecule has 0 bridgehead atoms. The maximum atomic E-state index is 3.43. The van der Waals surface area contributed by atoms with Gasteiger partial charge in [-0.15, -0.1) is 12.4 Å². The van der Waals surface area contributed by atoms with E-state index in [1.165, 1.54) is 14.8 Å². The molecule has 3 heteroatoms. The fourth-order valence-electron chi connectivity index (χ4n) is 1.76. The number of anilines is 1. The summed E-state index contributed by atoms with van der Waals surface area (Å²) in [6.45, 7) is 5.63. The first-order valence-corrected chi connectivity index (χ1v) is 5.22. The Kier molecular flexibility index (Phi) is 3.12. The van der Waals surface area contributed by atoms with Crippen molar-refractivity contribution in [1.82, 2.24) is 0 Å². The molecule has 0 saturated heterocycles. The summed E-state index contributed by atoms with van der Waals surface area (Å²) < 4.78 is 1.38. The second kappa shape index (κ2) is 3.65. The van der Waals surface area contributed by atoms with Crippen molar-refractivity contribution in [3.8, 4) is 0 Å². The van der Waals surface area contributed by atoms with Crippen molar-refractivity contribution in [3.05, 3.63) is 27.3 Å². The molecule has 1 heterocycles. The van der Waals surface area contributed by atoms with Gasteiger partial charge in [-0.25, -0.2) is 0 Å². The predicted molar refractivity (Wildman–Crippen MR) is 67.9 cm³/mol. The van der Waals surface area contributed by atoms with Crippen molar-refractivity contribution in [2.24, 2.45) is 0 Å². The number of halogens is 2. The maximum Gasteiger partial charge on any atom is 0.0389 e. The summed E-state index contributed by atoms with van der Waals surface area (Å²) >= 11 is 2.41. The highest BCUT2D eigenvalue weighted by atomic mass is 127. The van der Waals surface area contributed by atoms with Crippen molar-refractivity contribution in [1.29, 1.82) is 0 Å². The summed E-state index contributed by atoms with van der Waals surface area (Å²) in [5, 5.41) is 3.43. The summed E-state index contributed by atoms with van der Waals surface area (Å²) in [6, 6.07) is 6.44. The van der Waals surface area contributed by atoms with Gasteiger partial charge in [0.15, 0.2) is 0 Å². The summed E-state index contributed by atoms with van der Waals surface area (Å²) in [5.74, 6) is 0. The summed E-state index contributed by atoms with van der Waals surface area (Å²) in [4.78, 5) is 0. The first kappa shape index (κ1) is 11.1. The van der Waals surface area contributed by atoms with Gasteiger partial charge in [-0.1, -0.05) is 19.9 Å². The molecule has 0 amide bonds. The highest BCUT2D eigenvalue weighted by Crippen LogP contribution is 2.38. The zero-order valence-corrected chi connectivity index (χ0v) is 10.7. The van der Waals surface area contributed by atoms with E-state index in [1.807, 2.05) is 0 Å². The van der Waals surface area contributed by atoms with Gasteiger partial charge in [-0.2, -0.15) is 0 Å². The van der Waals surface area contributed by atoms with Crippen LogP contribution in [0.5, 0.6) is 0 Å². The normalized spacial score (nSPS) is 17.2. The molecule has 2 rings (SSSR count). The molecule has 1 aromatic carbocycles. The van der Waals surface area contributed by atoms with E-state index in [2.05, 4.69) is 60.0 Å². The second-order valence-corrected chi connectivity index (χ2v) is 5.06. The van der Waals surface area contributed by atoms with E-state index < -0.39 is 0 Å². The second-order valence-electron chi connectivity index (χ2n) is 3.90. The van der Waals surface area contributed by atoms with E-state index in [9.17, 15) is 0 Å². The van der Waals surface area contributed by atoms with Crippen molar-refractivity contribution < 1.29 is 0 Å². The molecule has 0 unspecified atom stereocenters. The summed E-state index contributed by atoms with van der Waals surface area (Å²) in [5.41, 5.74) is 3.09. The molecule has 0 spiro atoms. The lowest BCUT2D eigenvalue weighted by Crippen LogP contribution is -2.19. The molecule has 0 aliphatic carbocycles. The van der Waals surface area contributed by atoms with Crippen molar-refractivity contribution in [3.63, 3.8) is 0 Å². The van der Waals surface area contributed by atoms with Crippen LogP contribution in [-0.2, 0) is 5.41 Å². The Morgan fingerprint density at radius 3 is 2.69 bits per heavy atom. The third-order valence-corrected chi connectivity index (χ3v) is 3.31. The third-order valence-electron chi connectivity index (χ3n) is 2.41. The van der Waals surface area contributed by atoms with Crippen LogP contribution < -0.4 is 5.32 Å². The minimum atomic E-state index is 0. The van der Waals surface area contributed by atoms with Crippen LogP contribution in [0.2, 0.25) is 0 Å². The zero-order chi connectivity index (χ0) is 8.77. The van der Waals surface area contributed by atoms with E-state index in [0.29, 0.717) is 5.41 Å². The molecule has 1 aliphatic rings. The maximum absolute atomic E-state index is 3.43. The first-order chi connectivity index (χ1) is 5.61. The number of fused-ring (bicyclic) bond motifs is 1. The Morgan fingerprint density at radius 2 is 2.08 bits per heavy atom. The van der Waals surface area contributed by atoms with Gasteiger partial charge >= 0.3 is 0 Å². The van der Waals surface area contributed by atoms with Crippen LogP contribution in [0.25, 0.3) is 0 Å². The molecule has 0 atom stereocenters. The molecule has 0 saturated carbocycles. The molecule has 1 aromatic rings. The average Bonchev–Trinajstić information content (AvgIpc) is 2.29. The first-order valence-electron chi connectivity index (χ1n) is 4.14. The highest BCUT2D eigenvalue weighted by molar-refractivity contribution is 14.1. The molecule has 0 radical (unpaired) electrons. The van der Waals surface area contributed by atoms with E-state index in [-0.39, 0.29) is 12.4 Å². The van der Waals surface area contributed by atoms with Crippen LogP contribution in [0.3, 0.4) is 0 Å². The van der Waals surface area contributed by atoms with E-state index in [4.69, 9.17) is 0 Å². The lowest BCUT2D eigenvalue weighted by molar-refractivity contribution is 0.583. The van der Waals surface area contributed by atoms with Crippen molar-refractivity contribution >= 4 is 40.7 Å². The predicted octanol–water partition coefficient (Wildman–Crippen LogP) is 3.42. The lowest BCUT2D eigenvalue weighted by atomic mass is 9.87. The van der Waals surface area contributed by atoms with Gasteiger partial charge in [0.2, 0.25) is 0 Å². The van der Waals surface area contributed by atoms with Crippen molar-refractivity contribution in [2.45, 2.75) is 19.3 Å². The topological polar surface area (TPSA) is 12.0 Å². The molecule has 1 aliphatic heterocycles. The summed E-state index contributed by atoms with van der Waals surface area (Å²) in [7, 11) is 0. The Morgan fingerprint density at radius 1 is 1.38 bits per heavy atom. The number of nitrogens with one attached hydrogen (secondary N) is 1. The molecule has 72 valence electrons. The zero-order valence-electron chi connectivity index (χ0n) is 7.73. The van der Waals surface area contributed by atoms with Gasteiger partial charge in [0.1, 0.15) is 0 Å². The number of rotatable bonds is 0.